The molecule has 1 fully saturated rings. The monoisotopic (exact) mass is 365 g/mol. The summed E-state index contributed by atoms with van der Waals surface area (Å²) in [5, 5.41) is 11.5. The molecule has 0 unspecified atom stereocenters. The van der Waals surface area contributed by atoms with Gasteiger partial charge >= 0.3 is 6.09 Å². The fourth-order valence-electron chi connectivity index (χ4n) is 2.57. The zero-order valence-electron chi connectivity index (χ0n) is 14.7. The highest BCUT2D eigenvalue weighted by Crippen LogP contribution is 2.24. The van der Waals surface area contributed by atoms with Gasteiger partial charge in [0.05, 0.1) is 16.5 Å². The highest BCUT2D eigenvalue weighted by Gasteiger charge is 2.32. The average Bonchev–Trinajstić information content (AvgIpc) is 3.01. The Bertz CT molecular complexity index is 761. The minimum Gasteiger partial charge on any atom is -0.444 e. The van der Waals surface area contributed by atoms with Crippen LogP contribution in [0, 0.1) is 17.2 Å². The van der Waals surface area contributed by atoms with Gasteiger partial charge in [0.15, 0.2) is 0 Å². The van der Waals surface area contributed by atoms with Gasteiger partial charge in [-0.3, -0.25) is 0 Å². The molecule has 25 heavy (non-hydrogen) atoms. The predicted molar refractivity (Wildman–Crippen MR) is 92.3 cm³/mol. The number of amides is 1. The lowest BCUT2D eigenvalue weighted by atomic mass is 10.1. The average molecular weight is 365 g/mol. The third kappa shape index (κ3) is 5.18. The summed E-state index contributed by atoms with van der Waals surface area (Å²) in [5.74, 6) is 0.0423. The molecule has 0 spiro atoms. The summed E-state index contributed by atoms with van der Waals surface area (Å²) < 4.78 is 31.9. The van der Waals surface area contributed by atoms with E-state index < -0.39 is 21.7 Å². The molecule has 1 atom stereocenters. The van der Waals surface area contributed by atoms with Gasteiger partial charge in [-0.25, -0.2) is 13.2 Å². The summed E-state index contributed by atoms with van der Waals surface area (Å²) in [6, 6.07) is 7.84. The number of ether oxygens (including phenoxy) is 1. The topological polar surface area (TPSA) is 99.5 Å². The van der Waals surface area contributed by atoms with Gasteiger partial charge in [0.2, 0.25) is 10.0 Å². The van der Waals surface area contributed by atoms with Crippen LogP contribution < -0.4 is 5.32 Å². The van der Waals surface area contributed by atoms with Gasteiger partial charge in [-0.2, -0.15) is 9.57 Å². The molecule has 7 nitrogen and oxygen atoms in total. The molecule has 136 valence electrons. The van der Waals surface area contributed by atoms with Crippen molar-refractivity contribution in [2.45, 2.75) is 37.7 Å². The Hall–Kier alpha value is -2.11. The van der Waals surface area contributed by atoms with Gasteiger partial charge in [-0.05, 0) is 57.4 Å². The Kier molecular flexibility index (Phi) is 5.70. The molecule has 1 aromatic carbocycles. The number of nitriles is 1. The zero-order chi connectivity index (χ0) is 18.7. The minimum atomic E-state index is -3.58. The first-order chi connectivity index (χ1) is 11.6. The van der Waals surface area contributed by atoms with Crippen LogP contribution in [0.4, 0.5) is 4.79 Å². The van der Waals surface area contributed by atoms with Crippen LogP contribution in [0.15, 0.2) is 29.2 Å². The van der Waals surface area contributed by atoms with Gasteiger partial charge in [-0.15, -0.1) is 0 Å². The lowest BCUT2D eigenvalue weighted by molar-refractivity contribution is 0.0520. The molecular formula is C17H23N3O4S. The van der Waals surface area contributed by atoms with Crippen molar-refractivity contribution in [3.05, 3.63) is 29.8 Å². The number of carbonyl (C=O) groups excluding carboxylic acids is 1. The summed E-state index contributed by atoms with van der Waals surface area (Å²) in [6.45, 7) is 6.48. The molecule has 0 aliphatic carbocycles. The number of nitrogens with one attached hydrogen (secondary N) is 1. The molecule has 0 radical (unpaired) electrons. The molecule has 1 aliphatic heterocycles. The molecule has 0 bridgehead atoms. The Morgan fingerprint density at radius 1 is 1.36 bits per heavy atom. The maximum atomic E-state index is 12.6. The molecule has 1 aromatic rings. The number of hydrogen-bond donors (Lipinski definition) is 1. The van der Waals surface area contributed by atoms with Crippen LogP contribution in [0.1, 0.15) is 32.8 Å². The molecule has 1 N–H and O–H groups in total. The zero-order valence-corrected chi connectivity index (χ0v) is 15.5. The Labute approximate surface area is 148 Å². The molecule has 2 rings (SSSR count). The molecule has 1 amide bonds. The largest absolute Gasteiger partial charge is 0.444 e. The first kappa shape index (κ1) is 19.2. The van der Waals surface area contributed by atoms with E-state index in [1.807, 2.05) is 6.07 Å². The lowest BCUT2D eigenvalue weighted by Gasteiger charge is -2.21. The molecule has 0 aromatic heterocycles. The number of benzene rings is 1. The van der Waals surface area contributed by atoms with Crippen LogP contribution in [0.25, 0.3) is 0 Å². The van der Waals surface area contributed by atoms with Crippen LogP contribution in [-0.2, 0) is 14.8 Å². The number of sulfonamides is 1. The van der Waals surface area contributed by atoms with Crippen molar-refractivity contribution in [2.75, 3.05) is 19.6 Å². The van der Waals surface area contributed by atoms with Gasteiger partial charge in [0.25, 0.3) is 0 Å². The van der Waals surface area contributed by atoms with Crippen LogP contribution >= 0.6 is 0 Å². The molecule has 0 saturated carbocycles. The van der Waals surface area contributed by atoms with Crippen molar-refractivity contribution in [2.24, 2.45) is 5.92 Å². The van der Waals surface area contributed by atoms with E-state index in [-0.39, 0.29) is 10.8 Å². The second-order valence-electron chi connectivity index (χ2n) is 7.04. The second-order valence-corrected chi connectivity index (χ2v) is 8.97. The maximum Gasteiger partial charge on any atom is 0.407 e. The summed E-state index contributed by atoms with van der Waals surface area (Å²) in [7, 11) is -3.58. The fraction of sp³-hybridized carbons (Fsp3) is 0.529. The number of alkyl carbamates (subject to hydrolysis) is 1. The van der Waals surface area contributed by atoms with Crippen LogP contribution in [0.5, 0.6) is 0 Å². The summed E-state index contributed by atoms with van der Waals surface area (Å²) >= 11 is 0. The summed E-state index contributed by atoms with van der Waals surface area (Å²) in [5.41, 5.74) is -0.148. The van der Waals surface area contributed by atoms with Crippen molar-refractivity contribution in [3.8, 4) is 6.07 Å². The summed E-state index contributed by atoms with van der Waals surface area (Å²) in [4.78, 5) is 11.9. The third-order valence-electron chi connectivity index (χ3n) is 3.80. The van der Waals surface area contributed by atoms with Crippen LogP contribution in [0.3, 0.4) is 0 Å². The van der Waals surface area contributed by atoms with E-state index in [1.54, 1.807) is 20.8 Å². The summed E-state index contributed by atoms with van der Waals surface area (Å²) in [6.07, 6.45) is 0.173. The van der Waals surface area contributed by atoms with Gasteiger partial charge in [0.1, 0.15) is 5.60 Å². The quantitative estimate of drug-likeness (QED) is 0.881. The van der Waals surface area contributed by atoms with Gasteiger partial charge in [-0.1, -0.05) is 0 Å². The number of rotatable bonds is 4. The highest BCUT2D eigenvalue weighted by molar-refractivity contribution is 7.89. The lowest BCUT2D eigenvalue weighted by Crippen LogP contribution is -2.36. The molecule has 1 aliphatic rings. The van der Waals surface area contributed by atoms with Crippen molar-refractivity contribution in [1.29, 1.82) is 5.26 Å². The van der Waals surface area contributed by atoms with Crippen LogP contribution in [0.2, 0.25) is 0 Å². The maximum absolute atomic E-state index is 12.6. The molecule has 8 heteroatoms. The normalized spacial score (nSPS) is 18.6. The number of nitrogens with zero attached hydrogens (tertiary/aromatic N) is 2. The molecule has 1 heterocycles. The van der Waals surface area contributed by atoms with Gasteiger partial charge < -0.3 is 10.1 Å². The smallest absolute Gasteiger partial charge is 0.407 e. The second kappa shape index (κ2) is 7.42. The van der Waals surface area contributed by atoms with Crippen molar-refractivity contribution < 1.29 is 17.9 Å². The predicted octanol–water partition coefficient (Wildman–Crippen LogP) is 2.09. The van der Waals surface area contributed by atoms with E-state index in [4.69, 9.17) is 10.00 Å². The highest BCUT2D eigenvalue weighted by atomic mass is 32.2. The standard InChI is InChI=1S/C17H23N3O4S/c1-17(2,3)24-16(21)19-11-14-8-9-20(12-14)25(22,23)15-6-4-13(10-18)5-7-15/h4-7,14H,8-9,11-12H2,1-3H3,(H,19,21)/t14-/m1/s1. The van der Waals surface area contributed by atoms with E-state index >= 15 is 0 Å². The Morgan fingerprint density at radius 2 is 2.00 bits per heavy atom. The van der Waals surface area contributed by atoms with E-state index in [0.717, 1.165) is 0 Å². The van der Waals surface area contributed by atoms with Crippen LogP contribution in [-0.4, -0.2) is 44.1 Å². The number of hydrogen-bond acceptors (Lipinski definition) is 5. The third-order valence-corrected chi connectivity index (χ3v) is 5.68. The Morgan fingerprint density at radius 3 is 2.56 bits per heavy atom. The van der Waals surface area contributed by atoms with E-state index in [9.17, 15) is 13.2 Å². The Balaban J connectivity index is 1.93. The minimum absolute atomic E-state index is 0.0423. The molecular weight excluding hydrogens is 342 g/mol. The van der Waals surface area contributed by atoms with Crippen molar-refractivity contribution >= 4 is 16.1 Å². The van der Waals surface area contributed by atoms with E-state index in [2.05, 4.69) is 5.32 Å². The first-order valence-corrected chi connectivity index (χ1v) is 9.53. The van der Waals surface area contributed by atoms with E-state index in [0.29, 0.717) is 31.6 Å². The number of carbonyl (C=O) groups is 1. The first-order valence-electron chi connectivity index (χ1n) is 8.09. The SMILES string of the molecule is CC(C)(C)OC(=O)NC[C@H]1CCN(S(=O)(=O)c2ccc(C#N)cc2)C1. The van der Waals surface area contributed by atoms with Crippen molar-refractivity contribution in [1.82, 2.24) is 9.62 Å². The fourth-order valence-corrected chi connectivity index (χ4v) is 4.11. The van der Waals surface area contributed by atoms with Gasteiger partial charge in [0, 0.05) is 19.6 Å². The molecule has 1 saturated heterocycles. The van der Waals surface area contributed by atoms with Crippen molar-refractivity contribution in [3.63, 3.8) is 0 Å². The van der Waals surface area contributed by atoms with E-state index in [1.165, 1.54) is 28.6 Å².